The summed E-state index contributed by atoms with van der Waals surface area (Å²) in [5, 5.41) is 7.22. The minimum atomic E-state index is -1.34. The second-order valence-corrected chi connectivity index (χ2v) is 9.97. The van der Waals surface area contributed by atoms with E-state index < -0.39 is 47.6 Å². The van der Waals surface area contributed by atoms with Crippen LogP contribution in [0.4, 0.5) is 4.79 Å². The van der Waals surface area contributed by atoms with Crippen LogP contribution in [0.15, 0.2) is 51.6 Å². The number of carbonyl (C=O) groups excluding carboxylic acids is 5. The molecule has 2 aromatic rings. The number of esters is 2. The van der Waals surface area contributed by atoms with Gasteiger partial charge in [-0.15, -0.1) is 23.1 Å². The van der Waals surface area contributed by atoms with Gasteiger partial charge in [0.2, 0.25) is 0 Å². The van der Waals surface area contributed by atoms with Gasteiger partial charge in [-0.2, -0.15) is 0 Å². The SMILES string of the molecule is CO/N=C(/C(=O)NC1C(=O)N2C(C(=O)OC3OC(=O)c4ccccc43)=C(COC(N)=O)CS[C@H]12)c1cscn1. The van der Waals surface area contributed by atoms with Crippen molar-refractivity contribution in [3.05, 3.63) is 63.2 Å². The van der Waals surface area contributed by atoms with E-state index in [-0.39, 0.29) is 40.6 Å². The van der Waals surface area contributed by atoms with Crippen LogP contribution in [-0.2, 0) is 33.4 Å². The molecule has 0 aliphatic carbocycles. The van der Waals surface area contributed by atoms with Crippen LogP contribution in [0.5, 0.6) is 0 Å². The maximum absolute atomic E-state index is 13.4. The van der Waals surface area contributed by atoms with Crippen molar-refractivity contribution < 1.29 is 43.0 Å². The van der Waals surface area contributed by atoms with E-state index in [1.807, 2.05) is 0 Å². The first-order chi connectivity index (χ1) is 18.8. The van der Waals surface area contributed by atoms with Gasteiger partial charge in [0.25, 0.3) is 18.1 Å². The highest BCUT2D eigenvalue weighted by Crippen LogP contribution is 2.42. The van der Waals surface area contributed by atoms with Gasteiger partial charge in [-0.3, -0.25) is 14.5 Å². The largest absolute Gasteiger partial charge is 0.445 e. The molecule has 5 rings (SSSR count). The fraction of sp³-hybridized carbons (Fsp3) is 0.261. The first-order valence-electron chi connectivity index (χ1n) is 11.2. The number of hydrogen-bond acceptors (Lipinski definition) is 13. The van der Waals surface area contributed by atoms with Crippen molar-refractivity contribution in [3.8, 4) is 0 Å². The number of aromatic nitrogens is 1. The number of thioether (sulfide) groups is 1. The Balaban J connectivity index is 1.37. The zero-order valence-corrected chi connectivity index (χ0v) is 21.7. The Morgan fingerprint density at radius 3 is 2.79 bits per heavy atom. The van der Waals surface area contributed by atoms with Crippen LogP contribution in [0.3, 0.4) is 0 Å². The second-order valence-electron chi connectivity index (χ2n) is 8.15. The predicted molar refractivity (Wildman–Crippen MR) is 134 cm³/mol. The lowest BCUT2D eigenvalue weighted by molar-refractivity contribution is -0.168. The molecule has 0 bridgehead atoms. The van der Waals surface area contributed by atoms with Crippen molar-refractivity contribution in [2.75, 3.05) is 19.5 Å². The molecule has 202 valence electrons. The molecule has 1 fully saturated rings. The molecule has 1 aromatic carbocycles. The van der Waals surface area contributed by atoms with Gasteiger partial charge < -0.3 is 30.1 Å². The third-order valence-electron chi connectivity index (χ3n) is 5.85. The Labute approximate surface area is 228 Å². The van der Waals surface area contributed by atoms with Crippen molar-refractivity contribution >= 4 is 58.7 Å². The van der Waals surface area contributed by atoms with E-state index in [2.05, 4.69) is 15.5 Å². The number of fused-ring (bicyclic) bond motifs is 2. The number of rotatable bonds is 8. The molecular formula is C23H19N5O9S2. The second kappa shape index (κ2) is 10.7. The molecule has 16 heteroatoms. The summed E-state index contributed by atoms with van der Waals surface area (Å²) in [5.41, 5.74) is 7.39. The average molecular weight is 574 g/mol. The maximum atomic E-state index is 13.4. The lowest BCUT2D eigenvalue weighted by Gasteiger charge is -2.49. The van der Waals surface area contributed by atoms with Crippen LogP contribution in [0.2, 0.25) is 0 Å². The zero-order valence-electron chi connectivity index (χ0n) is 20.0. The van der Waals surface area contributed by atoms with Crippen molar-refractivity contribution in [2.45, 2.75) is 17.7 Å². The molecule has 1 aromatic heterocycles. The predicted octanol–water partition coefficient (Wildman–Crippen LogP) is 0.655. The number of primary amides is 1. The molecule has 3 atom stereocenters. The molecule has 0 spiro atoms. The van der Waals surface area contributed by atoms with Gasteiger partial charge in [0, 0.05) is 22.3 Å². The summed E-state index contributed by atoms with van der Waals surface area (Å²) in [7, 11) is 1.27. The number of thiazole rings is 1. The summed E-state index contributed by atoms with van der Waals surface area (Å²) < 4.78 is 15.5. The summed E-state index contributed by atoms with van der Waals surface area (Å²) >= 11 is 2.47. The first-order valence-corrected chi connectivity index (χ1v) is 13.2. The first kappa shape index (κ1) is 26.2. The Hall–Kier alpha value is -4.44. The summed E-state index contributed by atoms with van der Waals surface area (Å²) in [6.45, 7) is -0.379. The Bertz CT molecular complexity index is 1420. The number of oxime groups is 1. The minimum Gasteiger partial charge on any atom is -0.445 e. The molecular weight excluding hydrogens is 554 g/mol. The third kappa shape index (κ3) is 4.90. The van der Waals surface area contributed by atoms with E-state index >= 15 is 0 Å². The summed E-state index contributed by atoms with van der Waals surface area (Å²) in [6, 6.07) is 5.38. The molecule has 2 unspecified atom stereocenters. The number of nitrogens with zero attached hydrogens (tertiary/aromatic N) is 3. The summed E-state index contributed by atoms with van der Waals surface area (Å²) in [5.74, 6) is -2.83. The summed E-state index contributed by atoms with van der Waals surface area (Å²) in [6.07, 6.45) is -2.41. The Kier molecular flexibility index (Phi) is 7.21. The van der Waals surface area contributed by atoms with Crippen LogP contribution in [0, 0.1) is 0 Å². The molecule has 1 saturated heterocycles. The normalized spacial score (nSPS) is 21.8. The maximum Gasteiger partial charge on any atom is 0.404 e. The quantitative estimate of drug-likeness (QED) is 0.195. The monoisotopic (exact) mass is 573 g/mol. The number of cyclic esters (lactones) is 1. The highest BCUT2D eigenvalue weighted by atomic mass is 32.2. The molecule has 3 aliphatic rings. The van der Waals surface area contributed by atoms with Gasteiger partial charge in [-0.1, -0.05) is 23.4 Å². The van der Waals surface area contributed by atoms with E-state index in [9.17, 15) is 24.0 Å². The van der Waals surface area contributed by atoms with E-state index in [4.69, 9.17) is 24.8 Å². The minimum absolute atomic E-state index is 0.127. The van der Waals surface area contributed by atoms with Crippen LogP contribution in [-0.4, -0.2) is 76.3 Å². The van der Waals surface area contributed by atoms with E-state index in [0.717, 1.165) is 4.90 Å². The lowest BCUT2D eigenvalue weighted by Crippen LogP contribution is -2.71. The van der Waals surface area contributed by atoms with Gasteiger partial charge in [-0.25, -0.2) is 19.4 Å². The highest BCUT2D eigenvalue weighted by molar-refractivity contribution is 8.00. The van der Waals surface area contributed by atoms with Crippen LogP contribution < -0.4 is 11.1 Å². The number of amides is 3. The molecule has 39 heavy (non-hydrogen) atoms. The highest BCUT2D eigenvalue weighted by Gasteiger charge is 2.55. The smallest absolute Gasteiger partial charge is 0.404 e. The molecule has 4 heterocycles. The van der Waals surface area contributed by atoms with Gasteiger partial charge in [0.05, 0.1) is 11.1 Å². The number of nitrogens with one attached hydrogen (secondary N) is 1. The van der Waals surface area contributed by atoms with E-state index in [1.54, 1.807) is 23.6 Å². The average Bonchev–Trinajstić information content (AvgIpc) is 3.57. The van der Waals surface area contributed by atoms with Crippen LogP contribution >= 0.6 is 23.1 Å². The van der Waals surface area contributed by atoms with Crippen molar-refractivity contribution in [2.24, 2.45) is 10.9 Å². The number of nitrogens with two attached hydrogens (primary N) is 1. The van der Waals surface area contributed by atoms with Gasteiger partial charge in [-0.05, 0) is 6.07 Å². The van der Waals surface area contributed by atoms with E-state index in [0.29, 0.717) is 5.56 Å². The van der Waals surface area contributed by atoms with Crippen molar-refractivity contribution in [1.82, 2.24) is 15.2 Å². The third-order valence-corrected chi connectivity index (χ3v) is 7.78. The molecule has 0 radical (unpaired) electrons. The number of benzene rings is 1. The van der Waals surface area contributed by atoms with Gasteiger partial charge >= 0.3 is 18.0 Å². The summed E-state index contributed by atoms with van der Waals surface area (Å²) in [4.78, 5) is 72.9. The molecule has 3 N–H and O–H groups in total. The Morgan fingerprint density at radius 2 is 2.08 bits per heavy atom. The number of hydrogen-bond donors (Lipinski definition) is 2. The lowest BCUT2D eigenvalue weighted by atomic mass is 10.0. The fourth-order valence-electron chi connectivity index (χ4n) is 4.13. The zero-order chi connectivity index (χ0) is 27.7. The standard InChI is InChI=1S/C23H19N5O9S2/c1-34-27-14(13-8-38-9-25-13)17(29)26-15-18(30)28-16(10(6-35-23(24)33)7-39-19(15)28)21(32)37-22-12-5-3-2-4-11(12)20(31)36-22/h2-5,8-9,15,19,22H,6-7H2,1H3,(H2,24,33)(H,26,29)/b27-14+/t15?,19-,22?/m1/s1. The molecule has 14 nitrogen and oxygen atoms in total. The molecule has 0 saturated carbocycles. The van der Waals surface area contributed by atoms with Crippen LogP contribution in [0.1, 0.15) is 27.9 Å². The van der Waals surface area contributed by atoms with E-state index in [1.165, 1.54) is 41.8 Å². The van der Waals surface area contributed by atoms with Crippen molar-refractivity contribution in [3.63, 3.8) is 0 Å². The molecule has 3 amide bonds. The van der Waals surface area contributed by atoms with Crippen LogP contribution in [0.25, 0.3) is 0 Å². The topological polar surface area (TPSA) is 189 Å². The fourth-order valence-corrected chi connectivity index (χ4v) is 5.99. The molecule has 3 aliphatic heterocycles. The Morgan fingerprint density at radius 1 is 1.28 bits per heavy atom. The number of carbonyl (C=O) groups is 5. The van der Waals surface area contributed by atoms with Crippen molar-refractivity contribution in [1.29, 1.82) is 0 Å². The number of β-lactam (4-membered cyclic amide) rings is 1. The van der Waals surface area contributed by atoms with Gasteiger partial charge in [0.15, 0.2) is 5.71 Å². The van der Waals surface area contributed by atoms with Gasteiger partial charge in [0.1, 0.15) is 36.5 Å². The number of ether oxygens (including phenoxy) is 3.